The fourth-order valence-corrected chi connectivity index (χ4v) is 1.26. The fraction of sp³-hybridized carbons (Fsp3) is 1.00. The number of nitrogens with one attached hydrogen (secondary N) is 1. The molecule has 0 rings (SSSR count). The third-order valence-electron chi connectivity index (χ3n) is 2.39. The lowest BCUT2D eigenvalue weighted by molar-refractivity contribution is 0.122. The van der Waals surface area contributed by atoms with Gasteiger partial charge in [0.1, 0.15) is 0 Å². The van der Waals surface area contributed by atoms with Crippen LogP contribution >= 0.6 is 0 Å². The van der Waals surface area contributed by atoms with Crippen molar-refractivity contribution in [3.05, 3.63) is 0 Å². The second-order valence-electron chi connectivity index (χ2n) is 4.43. The predicted molar refractivity (Wildman–Crippen MR) is 66.3 cm³/mol. The summed E-state index contributed by atoms with van der Waals surface area (Å²) in [6.45, 7) is 12.6. The van der Waals surface area contributed by atoms with Crippen molar-refractivity contribution in [1.82, 2.24) is 10.2 Å². The Morgan fingerprint density at radius 2 is 1.93 bits per heavy atom. The first-order chi connectivity index (χ1) is 7.16. The maximum atomic E-state index is 5.30. The molecule has 0 amide bonds. The van der Waals surface area contributed by atoms with Crippen LogP contribution in [-0.4, -0.2) is 51.3 Å². The third kappa shape index (κ3) is 11.8. The molecule has 0 unspecified atom stereocenters. The smallest absolute Gasteiger partial charge is 0.0593 e. The minimum atomic E-state index is 0.799. The molecule has 0 aliphatic carbocycles. The largest absolute Gasteiger partial charge is 0.380 e. The molecule has 1 N–H and O–H groups in total. The van der Waals surface area contributed by atoms with Gasteiger partial charge < -0.3 is 15.0 Å². The Morgan fingerprint density at radius 1 is 1.20 bits per heavy atom. The molecule has 0 aromatic heterocycles. The van der Waals surface area contributed by atoms with Crippen molar-refractivity contribution >= 4 is 0 Å². The number of ether oxygens (including phenoxy) is 1. The van der Waals surface area contributed by atoms with Crippen molar-refractivity contribution in [2.24, 2.45) is 5.92 Å². The van der Waals surface area contributed by atoms with Crippen molar-refractivity contribution in [1.29, 1.82) is 0 Å². The van der Waals surface area contributed by atoms with Crippen molar-refractivity contribution in [3.8, 4) is 0 Å². The van der Waals surface area contributed by atoms with Crippen molar-refractivity contribution in [2.45, 2.75) is 27.2 Å². The molecule has 0 aliphatic heterocycles. The number of nitrogens with zero attached hydrogens (tertiary/aromatic N) is 1. The van der Waals surface area contributed by atoms with Gasteiger partial charge in [-0.05, 0) is 32.9 Å². The average Bonchev–Trinajstić information content (AvgIpc) is 2.17. The Balaban J connectivity index is 3.13. The van der Waals surface area contributed by atoms with Gasteiger partial charge in [0.25, 0.3) is 0 Å². The van der Waals surface area contributed by atoms with E-state index in [0.29, 0.717) is 0 Å². The molecule has 0 fully saturated rings. The van der Waals surface area contributed by atoms with Crippen molar-refractivity contribution < 1.29 is 4.74 Å². The SMILES string of the molecule is CCOCCN(C)CCNCCC(C)C. The topological polar surface area (TPSA) is 24.5 Å². The van der Waals surface area contributed by atoms with Gasteiger partial charge in [0.05, 0.1) is 6.61 Å². The molecule has 0 spiro atoms. The molecular weight excluding hydrogens is 188 g/mol. The summed E-state index contributed by atoms with van der Waals surface area (Å²) in [6.07, 6.45) is 1.27. The lowest BCUT2D eigenvalue weighted by Gasteiger charge is -2.16. The summed E-state index contributed by atoms with van der Waals surface area (Å²) in [5.41, 5.74) is 0. The van der Waals surface area contributed by atoms with Crippen molar-refractivity contribution in [2.75, 3.05) is 46.4 Å². The zero-order valence-corrected chi connectivity index (χ0v) is 10.9. The van der Waals surface area contributed by atoms with E-state index in [1.165, 1.54) is 6.42 Å². The molecule has 0 aliphatic rings. The first-order valence-corrected chi connectivity index (χ1v) is 6.13. The van der Waals surface area contributed by atoms with Gasteiger partial charge in [0.2, 0.25) is 0 Å². The van der Waals surface area contributed by atoms with E-state index in [4.69, 9.17) is 4.74 Å². The standard InChI is InChI=1S/C12H28N2O/c1-5-15-11-10-14(4)9-8-13-7-6-12(2)3/h12-13H,5-11H2,1-4H3. The van der Waals surface area contributed by atoms with Crippen LogP contribution in [0.3, 0.4) is 0 Å². The Kier molecular flexibility index (Phi) is 10.3. The summed E-state index contributed by atoms with van der Waals surface area (Å²) < 4.78 is 5.30. The first kappa shape index (κ1) is 14.9. The summed E-state index contributed by atoms with van der Waals surface area (Å²) in [6, 6.07) is 0. The van der Waals surface area contributed by atoms with Gasteiger partial charge in [0, 0.05) is 26.2 Å². The summed E-state index contributed by atoms with van der Waals surface area (Å²) in [7, 11) is 2.14. The number of likely N-dealkylation sites (N-methyl/N-ethyl adjacent to an activating group) is 1. The van der Waals surface area contributed by atoms with E-state index in [1.54, 1.807) is 0 Å². The van der Waals surface area contributed by atoms with E-state index in [1.807, 2.05) is 6.92 Å². The van der Waals surface area contributed by atoms with Crippen molar-refractivity contribution in [3.63, 3.8) is 0 Å². The molecule has 0 radical (unpaired) electrons. The summed E-state index contributed by atoms with van der Waals surface area (Å²) >= 11 is 0. The van der Waals surface area contributed by atoms with E-state index >= 15 is 0 Å². The number of rotatable bonds is 10. The summed E-state index contributed by atoms with van der Waals surface area (Å²) in [4.78, 5) is 2.30. The molecule has 0 heterocycles. The van der Waals surface area contributed by atoms with E-state index in [2.05, 4.69) is 31.1 Å². The molecular formula is C12H28N2O. The van der Waals surface area contributed by atoms with E-state index < -0.39 is 0 Å². The summed E-state index contributed by atoms with van der Waals surface area (Å²) in [5.74, 6) is 0.799. The van der Waals surface area contributed by atoms with Gasteiger partial charge >= 0.3 is 0 Å². The Hall–Kier alpha value is -0.120. The van der Waals surface area contributed by atoms with Gasteiger partial charge in [-0.3, -0.25) is 0 Å². The van der Waals surface area contributed by atoms with Crippen LogP contribution in [0.15, 0.2) is 0 Å². The fourth-order valence-electron chi connectivity index (χ4n) is 1.26. The van der Waals surface area contributed by atoms with Crippen LogP contribution in [0, 0.1) is 5.92 Å². The molecule has 92 valence electrons. The highest BCUT2D eigenvalue weighted by atomic mass is 16.5. The zero-order valence-electron chi connectivity index (χ0n) is 10.9. The maximum absolute atomic E-state index is 5.30. The highest BCUT2D eigenvalue weighted by Crippen LogP contribution is 1.95. The molecule has 3 heteroatoms. The average molecular weight is 216 g/mol. The second-order valence-corrected chi connectivity index (χ2v) is 4.43. The lowest BCUT2D eigenvalue weighted by Crippen LogP contribution is -2.32. The highest BCUT2D eigenvalue weighted by Gasteiger charge is 1.97. The minimum Gasteiger partial charge on any atom is -0.380 e. The van der Waals surface area contributed by atoms with Crippen LogP contribution < -0.4 is 5.32 Å². The van der Waals surface area contributed by atoms with Crippen LogP contribution in [-0.2, 0) is 4.74 Å². The second kappa shape index (κ2) is 10.4. The quantitative estimate of drug-likeness (QED) is 0.561. The van der Waals surface area contributed by atoms with E-state index in [-0.39, 0.29) is 0 Å². The van der Waals surface area contributed by atoms with Crippen LogP contribution in [0.2, 0.25) is 0 Å². The molecule has 0 bridgehead atoms. The third-order valence-corrected chi connectivity index (χ3v) is 2.39. The zero-order chi connectivity index (χ0) is 11.5. The molecule has 0 saturated heterocycles. The molecule has 0 saturated carbocycles. The molecule has 3 nitrogen and oxygen atoms in total. The minimum absolute atomic E-state index is 0.799. The maximum Gasteiger partial charge on any atom is 0.0593 e. The Labute approximate surface area is 95.2 Å². The first-order valence-electron chi connectivity index (χ1n) is 6.13. The van der Waals surface area contributed by atoms with Crippen LogP contribution in [0.4, 0.5) is 0 Å². The predicted octanol–water partition coefficient (Wildman–Crippen LogP) is 1.59. The van der Waals surface area contributed by atoms with Gasteiger partial charge in [0.15, 0.2) is 0 Å². The van der Waals surface area contributed by atoms with Crippen LogP contribution in [0.25, 0.3) is 0 Å². The monoisotopic (exact) mass is 216 g/mol. The summed E-state index contributed by atoms with van der Waals surface area (Å²) in [5, 5.41) is 3.46. The highest BCUT2D eigenvalue weighted by molar-refractivity contribution is 4.55. The normalized spacial score (nSPS) is 11.6. The van der Waals surface area contributed by atoms with Gasteiger partial charge in [-0.15, -0.1) is 0 Å². The van der Waals surface area contributed by atoms with E-state index in [9.17, 15) is 0 Å². The van der Waals surface area contributed by atoms with Gasteiger partial charge in [-0.2, -0.15) is 0 Å². The Morgan fingerprint density at radius 3 is 2.53 bits per heavy atom. The Bertz CT molecular complexity index is 129. The van der Waals surface area contributed by atoms with Crippen LogP contribution in [0.1, 0.15) is 27.2 Å². The number of hydrogen-bond donors (Lipinski definition) is 1. The molecule has 0 aromatic carbocycles. The van der Waals surface area contributed by atoms with Crippen LogP contribution in [0.5, 0.6) is 0 Å². The molecule has 0 aromatic rings. The van der Waals surface area contributed by atoms with Gasteiger partial charge in [-0.25, -0.2) is 0 Å². The molecule has 15 heavy (non-hydrogen) atoms. The van der Waals surface area contributed by atoms with Gasteiger partial charge in [-0.1, -0.05) is 13.8 Å². The molecule has 0 atom stereocenters. The van der Waals surface area contributed by atoms with E-state index in [0.717, 1.165) is 45.3 Å². The lowest BCUT2D eigenvalue weighted by atomic mass is 10.1. The number of hydrogen-bond acceptors (Lipinski definition) is 3.